The largest absolute Gasteiger partial charge is 0.341 e. The number of nitrogens with zero attached hydrogens (tertiary/aromatic N) is 1. The Morgan fingerprint density at radius 3 is 2.59 bits per heavy atom. The van der Waals surface area contributed by atoms with Crippen molar-refractivity contribution in [2.75, 3.05) is 0 Å². The third-order valence-electron chi connectivity index (χ3n) is 4.50. The lowest BCUT2D eigenvalue weighted by atomic mass is 9.91. The Bertz CT molecular complexity index is 1180. The van der Waals surface area contributed by atoms with Crippen molar-refractivity contribution in [3.8, 4) is 17.2 Å². The molecule has 4 rings (SSSR count). The van der Waals surface area contributed by atoms with Crippen LogP contribution in [0.4, 0.5) is 4.39 Å². The van der Waals surface area contributed by atoms with E-state index in [2.05, 4.69) is 16.4 Å². The van der Waals surface area contributed by atoms with Crippen molar-refractivity contribution in [1.82, 2.24) is 10.3 Å². The van der Waals surface area contributed by atoms with E-state index in [1.807, 2.05) is 0 Å². The zero-order valence-corrected chi connectivity index (χ0v) is 14.5. The number of hydrogen-bond donors (Lipinski definition) is 2. The molecule has 1 aromatic heterocycles. The quantitative estimate of drug-likeness (QED) is 0.714. The number of rotatable bonds is 2. The minimum Gasteiger partial charge on any atom is -0.341 e. The Morgan fingerprint density at radius 2 is 1.89 bits per heavy atom. The van der Waals surface area contributed by atoms with Crippen molar-refractivity contribution in [2.24, 2.45) is 0 Å². The molecule has 5 nitrogen and oxygen atoms in total. The maximum absolute atomic E-state index is 13.7. The van der Waals surface area contributed by atoms with Crippen molar-refractivity contribution in [3.05, 3.63) is 92.1 Å². The molecule has 2 heterocycles. The first-order valence-electron chi connectivity index (χ1n) is 8.01. The number of H-pyrrole nitrogens is 1. The number of amides is 1. The Labute approximate surface area is 158 Å². The van der Waals surface area contributed by atoms with Crippen LogP contribution in [0.1, 0.15) is 33.1 Å². The molecule has 0 spiro atoms. The summed E-state index contributed by atoms with van der Waals surface area (Å²) in [7, 11) is 0. The molecule has 1 aliphatic rings. The van der Waals surface area contributed by atoms with E-state index < -0.39 is 11.9 Å². The summed E-state index contributed by atoms with van der Waals surface area (Å²) in [6.07, 6.45) is 1.51. The highest BCUT2D eigenvalue weighted by Crippen LogP contribution is 2.38. The predicted octanol–water partition coefficient (Wildman–Crippen LogP) is 3.54. The first-order valence-corrected chi connectivity index (χ1v) is 8.38. The molecule has 0 aliphatic carbocycles. The van der Waals surface area contributed by atoms with Crippen LogP contribution in [0.2, 0.25) is 5.02 Å². The number of halogens is 2. The molecule has 132 valence electrons. The molecule has 0 saturated carbocycles. The normalized spacial score (nSPS) is 15.1. The molecular weight excluding hydrogens is 369 g/mol. The minimum atomic E-state index is -0.713. The molecule has 7 heteroatoms. The lowest BCUT2D eigenvalue weighted by Gasteiger charge is -2.16. The Hall–Kier alpha value is -3.43. The molecule has 0 radical (unpaired) electrons. The van der Waals surface area contributed by atoms with Crippen LogP contribution in [0, 0.1) is 17.1 Å². The average molecular weight is 380 g/mol. The maximum Gasteiger partial charge on any atom is 0.252 e. The van der Waals surface area contributed by atoms with Crippen molar-refractivity contribution in [3.63, 3.8) is 0 Å². The molecule has 1 aliphatic heterocycles. The summed E-state index contributed by atoms with van der Waals surface area (Å²) in [6.45, 7) is 0. The fourth-order valence-electron chi connectivity index (χ4n) is 3.25. The first-order chi connectivity index (χ1) is 13.0. The number of benzene rings is 2. The number of nitrogens with one attached hydrogen (secondary N) is 2. The van der Waals surface area contributed by atoms with Gasteiger partial charge in [0.25, 0.3) is 5.91 Å². The molecular formula is C20H11ClFN3O2. The molecule has 0 bridgehead atoms. The second-order valence-electron chi connectivity index (χ2n) is 6.11. The van der Waals surface area contributed by atoms with Crippen molar-refractivity contribution >= 4 is 17.5 Å². The van der Waals surface area contributed by atoms with Crippen LogP contribution in [-0.2, 0) is 0 Å². The Kier molecular flexibility index (Phi) is 4.02. The number of pyridine rings is 1. The highest BCUT2D eigenvalue weighted by atomic mass is 35.5. The number of nitriles is 1. The molecule has 2 aromatic carbocycles. The van der Waals surface area contributed by atoms with Crippen molar-refractivity contribution < 1.29 is 9.18 Å². The van der Waals surface area contributed by atoms with Crippen LogP contribution in [0.15, 0.2) is 53.5 Å². The van der Waals surface area contributed by atoms with Gasteiger partial charge in [0.1, 0.15) is 5.82 Å². The van der Waals surface area contributed by atoms with Gasteiger partial charge in [0, 0.05) is 34.0 Å². The molecule has 1 amide bonds. The standard InChI is InChI=1S/C20H11ClFN3O2/c21-16-3-2-13(22)7-14(16)19-18-12(8-23)5-11(6-15(18)20(27)25-19)10-1-4-17(26)24-9-10/h1-7,9,19H,(H,24,26)(H,25,27). The maximum atomic E-state index is 13.7. The van der Waals surface area contributed by atoms with Gasteiger partial charge in [-0.3, -0.25) is 9.59 Å². The molecule has 2 N–H and O–H groups in total. The monoisotopic (exact) mass is 379 g/mol. The lowest BCUT2D eigenvalue weighted by Crippen LogP contribution is -2.20. The van der Waals surface area contributed by atoms with Crippen LogP contribution in [0.25, 0.3) is 11.1 Å². The minimum absolute atomic E-state index is 0.251. The van der Waals surface area contributed by atoms with Gasteiger partial charge in [-0.15, -0.1) is 0 Å². The molecule has 3 aromatic rings. The van der Waals surface area contributed by atoms with E-state index in [9.17, 15) is 19.2 Å². The molecule has 27 heavy (non-hydrogen) atoms. The van der Waals surface area contributed by atoms with Gasteiger partial charge in [-0.25, -0.2) is 4.39 Å². The topological polar surface area (TPSA) is 85.8 Å². The van der Waals surface area contributed by atoms with Gasteiger partial charge in [0.15, 0.2) is 0 Å². The van der Waals surface area contributed by atoms with Gasteiger partial charge in [0.2, 0.25) is 5.56 Å². The molecule has 1 unspecified atom stereocenters. The van der Waals surface area contributed by atoms with Gasteiger partial charge in [-0.05, 0) is 47.5 Å². The zero-order chi connectivity index (χ0) is 19.1. The summed E-state index contributed by atoms with van der Waals surface area (Å²) in [4.78, 5) is 26.4. The Morgan fingerprint density at radius 1 is 1.07 bits per heavy atom. The molecule has 0 fully saturated rings. The van der Waals surface area contributed by atoms with E-state index >= 15 is 0 Å². The number of carbonyl (C=O) groups is 1. The number of hydrogen-bond acceptors (Lipinski definition) is 3. The highest BCUT2D eigenvalue weighted by molar-refractivity contribution is 6.31. The third kappa shape index (κ3) is 2.88. The fraction of sp³-hybridized carbons (Fsp3) is 0.0500. The van der Waals surface area contributed by atoms with Gasteiger partial charge < -0.3 is 10.3 Å². The highest BCUT2D eigenvalue weighted by Gasteiger charge is 2.34. The van der Waals surface area contributed by atoms with Crippen LogP contribution in [0.3, 0.4) is 0 Å². The fourth-order valence-corrected chi connectivity index (χ4v) is 3.48. The van der Waals surface area contributed by atoms with E-state index in [4.69, 9.17) is 11.6 Å². The van der Waals surface area contributed by atoms with Crippen LogP contribution in [-0.4, -0.2) is 10.9 Å². The summed E-state index contributed by atoms with van der Waals surface area (Å²) in [6, 6.07) is 11.5. The zero-order valence-electron chi connectivity index (χ0n) is 13.7. The molecule has 0 saturated heterocycles. The van der Waals surface area contributed by atoms with Crippen LogP contribution >= 0.6 is 11.6 Å². The number of carbonyl (C=O) groups excluding carboxylic acids is 1. The van der Waals surface area contributed by atoms with Gasteiger partial charge in [-0.2, -0.15) is 5.26 Å². The van der Waals surface area contributed by atoms with Gasteiger partial charge >= 0.3 is 0 Å². The first kappa shape index (κ1) is 17.0. The van der Waals surface area contributed by atoms with Crippen LogP contribution < -0.4 is 10.9 Å². The summed E-state index contributed by atoms with van der Waals surface area (Å²) in [5.41, 5.74) is 2.47. The van der Waals surface area contributed by atoms with Gasteiger partial charge in [-0.1, -0.05) is 11.6 Å². The van der Waals surface area contributed by atoms with Crippen molar-refractivity contribution in [2.45, 2.75) is 6.04 Å². The van der Waals surface area contributed by atoms with Gasteiger partial charge in [0.05, 0.1) is 17.7 Å². The van der Waals surface area contributed by atoms with Crippen LogP contribution in [0.5, 0.6) is 0 Å². The number of aromatic nitrogens is 1. The van der Waals surface area contributed by atoms with E-state index in [-0.39, 0.29) is 17.0 Å². The summed E-state index contributed by atoms with van der Waals surface area (Å²) in [5.74, 6) is -0.862. The lowest BCUT2D eigenvalue weighted by molar-refractivity contribution is 0.0960. The Balaban J connectivity index is 1.91. The average Bonchev–Trinajstić information content (AvgIpc) is 3.00. The number of fused-ring (bicyclic) bond motifs is 1. The molecule has 1 atom stereocenters. The van der Waals surface area contributed by atoms with E-state index in [1.54, 1.807) is 18.2 Å². The second-order valence-corrected chi connectivity index (χ2v) is 6.52. The van der Waals surface area contributed by atoms with E-state index in [1.165, 1.54) is 30.5 Å². The third-order valence-corrected chi connectivity index (χ3v) is 4.84. The summed E-state index contributed by atoms with van der Waals surface area (Å²) < 4.78 is 13.7. The number of aromatic amines is 1. The predicted molar refractivity (Wildman–Crippen MR) is 97.9 cm³/mol. The van der Waals surface area contributed by atoms with E-state index in [0.29, 0.717) is 32.8 Å². The SMILES string of the molecule is N#Cc1cc(-c2ccc(=O)[nH]c2)cc2c1C(c1cc(F)ccc1Cl)NC2=O. The smallest absolute Gasteiger partial charge is 0.252 e. The summed E-state index contributed by atoms with van der Waals surface area (Å²) >= 11 is 6.19. The van der Waals surface area contributed by atoms with Crippen molar-refractivity contribution in [1.29, 1.82) is 5.26 Å². The van der Waals surface area contributed by atoms with E-state index in [0.717, 1.165) is 0 Å². The second kappa shape index (κ2) is 6.38. The summed E-state index contributed by atoms with van der Waals surface area (Å²) in [5, 5.41) is 12.7.